The van der Waals surface area contributed by atoms with Crippen LogP contribution in [0.15, 0.2) is 71.7 Å². The maximum atomic E-state index is 14.0. The number of hydrogen-bond acceptors (Lipinski definition) is 4. The van der Waals surface area contributed by atoms with Gasteiger partial charge in [-0.2, -0.15) is 0 Å². The molecule has 1 saturated carbocycles. The van der Waals surface area contributed by atoms with Gasteiger partial charge in [-0.05, 0) is 84.0 Å². The van der Waals surface area contributed by atoms with Crippen LogP contribution in [-0.2, 0) is 6.42 Å². The molecule has 0 saturated heterocycles. The molecule has 1 amide bonds. The van der Waals surface area contributed by atoms with E-state index in [0.717, 1.165) is 74.2 Å². The molecule has 0 unspecified atom stereocenters. The van der Waals surface area contributed by atoms with Crippen LogP contribution in [0.3, 0.4) is 0 Å². The number of carbonyl (C=O) groups is 1. The van der Waals surface area contributed by atoms with E-state index in [-0.39, 0.29) is 23.5 Å². The molecule has 1 aliphatic carbocycles. The summed E-state index contributed by atoms with van der Waals surface area (Å²) in [6.07, 6.45) is 7.85. The summed E-state index contributed by atoms with van der Waals surface area (Å²) in [6, 6.07) is 20.6. The van der Waals surface area contributed by atoms with Gasteiger partial charge in [0.1, 0.15) is 17.3 Å². The normalized spacial score (nSPS) is 14.7. The van der Waals surface area contributed by atoms with Crippen LogP contribution in [0.4, 0.5) is 8.78 Å². The Hall–Kier alpha value is -4.59. The third-order valence-corrected chi connectivity index (χ3v) is 10.1. The molecule has 4 aromatic rings. The third kappa shape index (κ3) is 7.44. The molecule has 4 aromatic carbocycles. The number of hydrogen-bond donors (Lipinski definition) is 2. The minimum atomic E-state index is -2.54. The summed E-state index contributed by atoms with van der Waals surface area (Å²) in [7, 11) is 0. The lowest BCUT2D eigenvalue weighted by Crippen LogP contribution is -2.32. The van der Waals surface area contributed by atoms with Crippen molar-refractivity contribution in [1.29, 1.82) is 5.41 Å². The number of rotatable bonds is 14. The molecule has 0 aromatic heterocycles. The summed E-state index contributed by atoms with van der Waals surface area (Å²) >= 11 is 0. The van der Waals surface area contributed by atoms with E-state index in [1.165, 1.54) is 12.8 Å². The van der Waals surface area contributed by atoms with Crippen molar-refractivity contribution in [1.82, 2.24) is 4.90 Å². The fourth-order valence-electron chi connectivity index (χ4n) is 7.67. The molecule has 0 radical (unpaired) electrons. The first-order chi connectivity index (χ1) is 24.3. The van der Waals surface area contributed by atoms with Crippen LogP contribution in [0.2, 0.25) is 0 Å². The van der Waals surface area contributed by atoms with E-state index in [0.29, 0.717) is 51.4 Å². The van der Waals surface area contributed by atoms with Crippen molar-refractivity contribution >= 4 is 28.4 Å². The lowest BCUT2D eigenvalue weighted by Gasteiger charge is -2.27. The first kappa shape index (κ1) is 35.2. The standard InChI is InChI=1S/C42H48F2N4O2/c1-3-5-6-12-24-48(23-4-2)42(49)28-17-20-31(21-18-28)50-39-33(27-13-8-7-9-14-27)22-19-30-25-34-38(41(46)47-40(34)45)37(36(30)39)32-16-11-10-15-29(32)26-35(43)44/h10-11,15-22,25,27,35H,3-9,12-14,23-24,26H2,1-2H3,(H3,45,46,47). The van der Waals surface area contributed by atoms with Gasteiger partial charge in [-0.25, -0.2) is 13.8 Å². The van der Waals surface area contributed by atoms with Crippen LogP contribution in [0.25, 0.3) is 21.9 Å². The first-order valence-electron chi connectivity index (χ1n) is 18.3. The second-order valence-corrected chi connectivity index (χ2v) is 13.7. The Bertz CT molecular complexity index is 1880. The molecule has 1 aliphatic heterocycles. The van der Waals surface area contributed by atoms with Crippen LogP contribution in [0, 0.1) is 5.41 Å². The predicted molar refractivity (Wildman–Crippen MR) is 199 cm³/mol. The molecule has 3 N–H and O–H groups in total. The fourth-order valence-corrected chi connectivity index (χ4v) is 7.67. The molecule has 0 spiro atoms. The summed E-state index contributed by atoms with van der Waals surface area (Å²) in [4.78, 5) is 19.8. The fraction of sp³-hybridized carbons (Fsp3) is 0.405. The average Bonchev–Trinajstić information content (AvgIpc) is 3.41. The Morgan fingerprint density at radius 2 is 1.68 bits per heavy atom. The first-order valence-corrected chi connectivity index (χ1v) is 18.3. The molecular weight excluding hydrogens is 630 g/mol. The third-order valence-electron chi connectivity index (χ3n) is 10.1. The summed E-state index contributed by atoms with van der Waals surface area (Å²) in [5.74, 6) is 1.77. The average molecular weight is 679 g/mol. The maximum Gasteiger partial charge on any atom is 0.253 e. The molecule has 1 fully saturated rings. The predicted octanol–water partition coefficient (Wildman–Crippen LogP) is 10.6. The van der Waals surface area contributed by atoms with Crippen molar-refractivity contribution in [3.63, 3.8) is 0 Å². The quantitative estimate of drug-likeness (QED) is 0.130. The van der Waals surface area contributed by atoms with E-state index in [1.54, 1.807) is 12.1 Å². The zero-order valence-corrected chi connectivity index (χ0v) is 29.2. The van der Waals surface area contributed by atoms with E-state index in [2.05, 4.69) is 31.0 Å². The second kappa shape index (κ2) is 16.0. The van der Waals surface area contributed by atoms with Crippen LogP contribution in [0.5, 0.6) is 11.5 Å². The van der Waals surface area contributed by atoms with Gasteiger partial charge in [-0.3, -0.25) is 10.2 Å². The largest absolute Gasteiger partial charge is 0.456 e. The Morgan fingerprint density at radius 3 is 2.40 bits per heavy atom. The van der Waals surface area contributed by atoms with Crippen molar-refractivity contribution in [2.45, 2.75) is 96.8 Å². The number of fused-ring (bicyclic) bond motifs is 2. The summed E-state index contributed by atoms with van der Waals surface area (Å²) < 4.78 is 34.8. The van der Waals surface area contributed by atoms with Crippen LogP contribution in [-0.4, -0.2) is 42.0 Å². The zero-order chi connectivity index (χ0) is 35.2. The molecule has 8 heteroatoms. The van der Waals surface area contributed by atoms with Gasteiger partial charge in [0.15, 0.2) is 5.84 Å². The molecule has 0 bridgehead atoms. The highest BCUT2D eigenvalue weighted by Gasteiger charge is 2.31. The van der Waals surface area contributed by atoms with E-state index >= 15 is 0 Å². The minimum absolute atomic E-state index is 0.0219. The number of nitrogens with two attached hydrogens (primary N) is 1. The summed E-state index contributed by atoms with van der Waals surface area (Å²) in [5.41, 5.74) is 11.1. The van der Waals surface area contributed by atoms with Crippen molar-refractivity contribution in [3.8, 4) is 22.6 Å². The van der Waals surface area contributed by atoms with Gasteiger partial charge in [0.05, 0.1) is 0 Å². The highest BCUT2D eigenvalue weighted by Crippen LogP contribution is 2.49. The van der Waals surface area contributed by atoms with Crippen LogP contribution < -0.4 is 10.5 Å². The lowest BCUT2D eigenvalue weighted by molar-refractivity contribution is 0.0752. The lowest BCUT2D eigenvalue weighted by atomic mass is 9.80. The molecule has 1 heterocycles. The molecular formula is C42H48F2N4O2. The Morgan fingerprint density at radius 1 is 0.920 bits per heavy atom. The van der Waals surface area contributed by atoms with Crippen LogP contribution in [0.1, 0.15) is 117 Å². The maximum absolute atomic E-state index is 14.0. The summed E-state index contributed by atoms with van der Waals surface area (Å²) in [5, 5.41) is 10.2. The number of carbonyl (C=O) groups excluding carboxylic acids is 1. The molecule has 50 heavy (non-hydrogen) atoms. The number of amides is 1. The zero-order valence-electron chi connectivity index (χ0n) is 29.2. The smallest absolute Gasteiger partial charge is 0.253 e. The number of unbranched alkanes of at least 4 members (excludes halogenated alkanes) is 3. The monoisotopic (exact) mass is 678 g/mol. The van der Waals surface area contributed by atoms with Crippen molar-refractivity contribution in [2.24, 2.45) is 10.7 Å². The molecule has 262 valence electrons. The van der Waals surface area contributed by atoms with Gasteiger partial charge in [-0.15, -0.1) is 0 Å². The van der Waals surface area contributed by atoms with E-state index in [1.807, 2.05) is 47.4 Å². The SMILES string of the molecule is CCCCCCN(CCC)C(=O)c1ccc(Oc2c(C3CCCCC3)ccc3cc4c(c(-c5ccccc5CC(F)F)c23)C(N)=NC4=N)cc1. The highest BCUT2D eigenvalue weighted by atomic mass is 19.3. The topological polar surface area (TPSA) is 91.8 Å². The Kier molecular flexibility index (Phi) is 11.3. The molecule has 6 nitrogen and oxygen atoms in total. The van der Waals surface area contributed by atoms with Gasteiger partial charge in [0.2, 0.25) is 6.43 Å². The number of ether oxygens (including phenoxy) is 1. The van der Waals surface area contributed by atoms with Crippen LogP contribution >= 0.6 is 0 Å². The number of halogens is 2. The minimum Gasteiger partial charge on any atom is -0.456 e. The van der Waals surface area contributed by atoms with Crippen molar-refractivity contribution in [3.05, 3.63) is 94.5 Å². The van der Waals surface area contributed by atoms with Gasteiger partial charge in [0, 0.05) is 47.2 Å². The number of nitrogens with one attached hydrogen (secondary N) is 1. The Labute approximate surface area is 294 Å². The second-order valence-electron chi connectivity index (χ2n) is 13.7. The molecule has 6 rings (SSSR count). The Balaban J connectivity index is 1.48. The number of amidine groups is 2. The van der Waals surface area contributed by atoms with Gasteiger partial charge < -0.3 is 15.4 Å². The van der Waals surface area contributed by atoms with E-state index in [9.17, 15) is 13.6 Å². The van der Waals surface area contributed by atoms with E-state index in [4.69, 9.17) is 15.9 Å². The number of alkyl halides is 2. The number of nitrogens with zero attached hydrogens (tertiary/aromatic N) is 2. The number of benzene rings is 4. The molecule has 0 atom stereocenters. The van der Waals surface area contributed by atoms with Gasteiger partial charge in [-0.1, -0.05) is 88.8 Å². The van der Waals surface area contributed by atoms with Gasteiger partial charge >= 0.3 is 0 Å². The van der Waals surface area contributed by atoms with Crippen molar-refractivity contribution < 1.29 is 18.3 Å². The van der Waals surface area contributed by atoms with Crippen molar-refractivity contribution in [2.75, 3.05) is 13.1 Å². The summed E-state index contributed by atoms with van der Waals surface area (Å²) in [6.45, 7) is 5.74. The van der Waals surface area contributed by atoms with Gasteiger partial charge in [0.25, 0.3) is 5.91 Å². The molecule has 2 aliphatic rings. The number of aliphatic imine (C=N–C) groups is 1. The highest BCUT2D eigenvalue weighted by molar-refractivity contribution is 6.27. The van der Waals surface area contributed by atoms with E-state index < -0.39 is 12.8 Å².